The van der Waals surface area contributed by atoms with Gasteiger partial charge in [-0.15, -0.1) is 0 Å². The molecule has 0 aliphatic carbocycles. The van der Waals surface area contributed by atoms with Crippen LogP contribution in [0.15, 0.2) is 47.5 Å². The molecular formula is C22H23N3O4. The fourth-order valence-electron chi connectivity index (χ4n) is 3.61. The van der Waals surface area contributed by atoms with Crippen molar-refractivity contribution in [1.82, 2.24) is 14.9 Å². The van der Waals surface area contributed by atoms with Gasteiger partial charge in [0, 0.05) is 30.9 Å². The minimum atomic E-state index is -0.366. The maximum absolute atomic E-state index is 13.1. The first-order valence-electron chi connectivity index (χ1n) is 9.73. The Hall–Kier alpha value is -3.35. The third-order valence-corrected chi connectivity index (χ3v) is 5.11. The van der Waals surface area contributed by atoms with Crippen LogP contribution >= 0.6 is 0 Å². The number of carbonyl (C=O) groups is 1. The molecule has 1 aromatic carbocycles. The smallest absolute Gasteiger partial charge is 0.264 e. The van der Waals surface area contributed by atoms with Crippen LogP contribution in [-0.2, 0) is 13.0 Å². The average molecular weight is 393 g/mol. The van der Waals surface area contributed by atoms with Crippen LogP contribution < -0.4 is 20.3 Å². The minimum absolute atomic E-state index is 0.143. The molecule has 0 atom stereocenters. The third kappa shape index (κ3) is 3.81. The van der Waals surface area contributed by atoms with Gasteiger partial charge in [-0.1, -0.05) is 0 Å². The first kappa shape index (κ1) is 19.0. The van der Waals surface area contributed by atoms with E-state index < -0.39 is 0 Å². The number of nitrogens with zero attached hydrogens (tertiary/aromatic N) is 2. The highest BCUT2D eigenvalue weighted by Gasteiger charge is 2.21. The van der Waals surface area contributed by atoms with Crippen LogP contribution in [0.25, 0.3) is 10.9 Å². The van der Waals surface area contributed by atoms with Crippen LogP contribution in [0.3, 0.4) is 0 Å². The average Bonchev–Trinajstić information content (AvgIpc) is 2.72. The number of benzene rings is 1. The summed E-state index contributed by atoms with van der Waals surface area (Å²) in [6.07, 6.45) is 5.74. The molecule has 3 heterocycles. The van der Waals surface area contributed by atoms with Crippen LogP contribution in [0.1, 0.15) is 28.8 Å². The predicted molar refractivity (Wildman–Crippen MR) is 110 cm³/mol. The maximum atomic E-state index is 13.1. The number of rotatable bonds is 5. The standard InChI is InChI=1S/C22H23N3O4/c1-28-18-5-4-16-14-17(21(26)24-11-8-15-6-9-23-10-7-15)22(27)25-12-2-3-13-29-20(18)19(16)25/h4-7,9-10,14H,2-3,8,11-13H2,1H3,(H,24,26). The Labute approximate surface area is 168 Å². The van der Waals surface area contributed by atoms with Gasteiger partial charge in [-0.2, -0.15) is 0 Å². The molecule has 7 nitrogen and oxygen atoms in total. The zero-order valence-corrected chi connectivity index (χ0v) is 16.3. The monoisotopic (exact) mass is 393 g/mol. The molecular weight excluding hydrogens is 370 g/mol. The van der Waals surface area contributed by atoms with Gasteiger partial charge in [0.25, 0.3) is 11.5 Å². The summed E-state index contributed by atoms with van der Waals surface area (Å²) in [6, 6.07) is 9.11. The second-order valence-corrected chi connectivity index (χ2v) is 6.97. The van der Waals surface area contributed by atoms with Gasteiger partial charge in [-0.25, -0.2) is 0 Å². The number of aryl methyl sites for hydroxylation is 1. The molecule has 0 unspecified atom stereocenters. The van der Waals surface area contributed by atoms with E-state index >= 15 is 0 Å². The third-order valence-electron chi connectivity index (χ3n) is 5.11. The lowest BCUT2D eigenvalue weighted by molar-refractivity contribution is 0.0952. The summed E-state index contributed by atoms with van der Waals surface area (Å²) in [4.78, 5) is 29.9. The second kappa shape index (κ2) is 8.34. The molecule has 0 saturated carbocycles. The normalized spacial score (nSPS) is 13.3. The molecule has 0 saturated heterocycles. The van der Waals surface area contributed by atoms with Crippen molar-refractivity contribution in [3.05, 3.63) is 64.2 Å². The van der Waals surface area contributed by atoms with Gasteiger partial charge in [0.1, 0.15) is 5.56 Å². The lowest BCUT2D eigenvalue weighted by Gasteiger charge is -2.21. The number of carbonyl (C=O) groups excluding carboxylic acids is 1. The molecule has 1 N–H and O–H groups in total. The zero-order valence-electron chi connectivity index (χ0n) is 16.3. The summed E-state index contributed by atoms with van der Waals surface area (Å²) in [5.41, 5.74) is 1.59. The van der Waals surface area contributed by atoms with Crippen molar-refractivity contribution in [1.29, 1.82) is 0 Å². The number of pyridine rings is 2. The largest absolute Gasteiger partial charge is 0.493 e. The quantitative estimate of drug-likeness (QED) is 0.720. The molecule has 1 aliphatic heterocycles. The summed E-state index contributed by atoms with van der Waals surface area (Å²) in [5, 5.41) is 3.64. The molecule has 3 aromatic rings. The van der Waals surface area contributed by atoms with Gasteiger partial charge >= 0.3 is 0 Å². The number of hydrogen-bond acceptors (Lipinski definition) is 5. The molecule has 0 fully saturated rings. The van der Waals surface area contributed by atoms with Gasteiger partial charge < -0.3 is 19.4 Å². The van der Waals surface area contributed by atoms with E-state index in [9.17, 15) is 9.59 Å². The number of ether oxygens (including phenoxy) is 2. The second-order valence-electron chi connectivity index (χ2n) is 6.97. The van der Waals surface area contributed by atoms with E-state index in [0.29, 0.717) is 43.1 Å². The highest BCUT2D eigenvalue weighted by molar-refractivity contribution is 5.99. The van der Waals surface area contributed by atoms with Gasteiger partial charge in [-0.05, 0) is 55.2 Å². The summed E-state index contributed by atoms with van der Waals surface area (Å²) in [5.74, 6) is 0.781. The molecule has 150 valence electrons. The van der Waals surface area contributed by atoms with E-state index in [0.717, 1.165) is 23.8 Å². The topological polar surface area (TPSA) is 82.5 Å². The van der Waals surface area contributed by atoms with Crippen LogP contribution in [0, 0.1) is 0 Å². The van der Waals surface area contributed by atoms with E-state index in [1.807, 2.05) is 18.2 Å². The van der Waals surface area contributed by atoms with Crippen molar-refractivity contribution in [3.8, 4) is 11.5 Å². The van der Waals surface area contributed by atoms with Crippen LogP contribution in [0.5, 0.6) is 11.5 Å². The lowest BCUT2D eigenvalue weighted by atomic mass is 10.1. The number of amides is 1. The summed E-state index contributed by atoms with van der Waals surface area (Å²) in [7, 11) is 1.58. The van der Waals surface area contributed by atoms with E-state index in [1.54, 1.807) is 36.2 Å². The Kier molecular flexibility index (Phi) is 5.46. The number of methoxy groups -OCH3 is 1. The highest BCUT2D eigenvalue weighted by atomic mass is 16.5. The Morgan fingerprint density at radius 2 is 2.07 bits per heavy atom. The summed E-state index contributed by atoms with van der Waals surface area (Å²) in [6.45, 7) is 1.55. The molecule has 4 rings (SSSR count). The summed E-state index contributed by atoms with van der Waals surface area (Å²) < 4.78 is 13.0. The SMILES string of the molecule is COc1ccc2cc(C(=O)NCCc3ccncc3)c(=O)n3c2c1OCCCC3. The number of hydrogen-bond donors (Lipinski definition) is 1. The Morgan fingerprint density at radius 3 is 2.86 bits per heavy atom. The van der Waals surface area contributed by atoms with Crippen molar-refractivity contribution in [2.75, 3.05) is 20.3 Å². The van der Waals surface area contributed by atoms with Crippen LogP contribution in [-0.4, -0.2) is 35.7 Å². The molecule has 0 bridgehead atoms. The van der Waals surface area contributed by atoms with E-state index in [2.05, 4.69) is 10.3 Å². The molecule has 0 spiro atoms. The van der Waals surface area contributed by atoms with Gasteiger partial charge in [0.05, 0.1) is 19.2 Å². The Bertz CT molecular complexity index is 1090. The minimum Gasteiger partial charge on any atom is -0.493 e. The first-order chi connectivity index (χ1) is 14.2. The fourth-order valence-corrected chi connectivity index (χ4v) is 3.61. The summed E-state index contributed by atoms with van der Waals surface area (Å²) >= 11 is 0. The fraction of sp³-hybridized carbons (Fsp3) is 0.318. The predicted octanol–water partition coefficient (Wildman–Crippen LogP) is 2.55. The molecule has 1 aliphatic rings. The van der Waals surface area contributed by atoms with Crippen LogP contribution in [0.2, 0.25) is 0 Å². The van der Waals surface area contributed by atoms with E-state index in [-0.39, 0.29) is 17.0 Å². The van der Waals surface area contributed by atoms with Crippen molar-refractivity contribution in [2.45, 2.75) is 25.8 Å². The van der Waals surface area contributed by atoms with Gasteiger partial charge in [0.2, 0.25) is 0 Å². The van der Waals surface area contributed by atoms with Crippen molar-refractivity contribution >= 4 is 16.8 Å². The molecule has 2 aromatic heterocycles. The van der Waals surface area contributed by atoms with Crippen molar-refractivity contribution < 1.29 is 14.3 Å². The maximum Gasteiger partial charge on any atom is 0.264 e. The Morgan fingerprint density at radius 1 is 1.24 bits per heavy atom. The Balaban J connectivity index is 1.67. The molecule has 29 heavy (non-hydrogen) atoms. The van der Waals surface area contributed by atoms with Crippen molar-refractivity contribution in [3.63, 3.8) is 0 Å². The zero-order chi connectivity index (χ0) is 20.2. The lowest BCUT2D eigenvalue weighted by Crippen LogP contribution is -2.34. The van der Waals surface area contributed by atoms with Crippen LogP contribution in [0.4, 0.5) is 0 Å². The highest BCUT2D eigenvalue weighted by Crippen LogP contribution is 2.36. The van der Waals surface area contributed by atoms with Gasteiger partial charge in [0.15, 0.2) is 11.5 Å². The van der Waals surface area contributed by atoms with E-state index in [1.165, 1.54) is 0 Å². The van der Waals surface area contributed by atoms with Crippen molar-refractivity contribution in [2.24, 2.45) is 0 Å². The molecule has 7 heteroatoms. The number of nitrogens with one attached hydrogen (secondary N) is 1. The molecule has 0 radical (unpaired) electrons. The van der Waals surface area contributed by atoms with E-state index in [4.69, 9.17) is 9.47 Å². The first-order valence-corrected chi connectivity index (χ1v) is 9.73. The number of aromatic nitrogens is 2. The van der Waals surface area contributed by atoms with Gasteiger partial charge in [-0.3, -0.25) is 14.6 Å². The molecule has 1 amide bonds.